The van der Waals surface area contributed by atoms with Gasteiger partial charge in [0.05, 0.1) is 5.56 Å². The predicted molar refractivity (Wildman–Crippen MR) is 108 cm³/mol. The number of hydrogen-bond donors (Lipinski definition) is 1. The third kappa shape index (κ3) is 4.07. The number of rotatable bonds is 4. The summed E-state index contributed by atoms with van der Waals surface area (Å²) in [6, 6.07) is 12.2. The fourth-order valence-corrected chi connectivity index (χ4v) is 4.12. The Morgan fingerprint density at radius 2 is 1.96 bits per heavy atom. The van der Waals surface area contributed by atoms with Crippen molar-refractivity contribution in [2.24, 2.45) is 0 Å². The predicted octanol–water partition coefficient (Wildman–Crippen LogP) is 2.39. The molecule has 2 fully saturated rings. The number of pyridine rings is 1. The number of aryl methyl sites for hydroxylation is 1. The van der Waals surface area contributed by atoms with E-state index < -0.39 is 0 Å². The number of hydrogen-bond acceptors (Lipinski definition) is 4. The molecule has 1 atom stereocenters. The summed E-state index contributed by atoms with van der Waals surface area (Å²) in [7, 11) is 0. The highest BCUT2D eigenvalue weighted by atomic mass is 16.2. The van der Waals surface area contributed by atoms with E-state index in [0.29, 0.717) is 24.6 Å². The van der Waals surface area contributed by atoms with Gasteiger partial charge in [0.25, 0.3) is 5.91 Å². The Hall–Kier alpha value is -2.73. The maximum atomic E-state index is 12.5. The van der Waals surface area contributed by atoms with E-state index in [1.807, 2.05) is 41.0 Å². The molecule has 6 nitrogen and oxygen atoms in total. The van der Waals surface area contributed by atoms with Crippen LogP contribution in [0.15, 0.2) is 48.8 Å². The fourth-order valence-electron chi connectivity index (χ4n) is 4.12. The second-order valence-corrected chi connectivity index (χ2v) is 7.72. The van der Waals surface area contributed by atoms with Crippen LogP contribution in [0.1, 0.15) is 35.2 Å². The maximum absolute atomic E-state index is 12.5. The van der Waals surface area contributed by atoms with Crippen LogP contribution in [-0.4, -0.2) is 53.4 Å². The van der Waals surface area contributed by atoms with Gasteiger partial charge in [0.15, 0.2) is 0 Å². The zero-order valence-electron chi connectivity index (χ0n) is 16.2. The van der Waals surface area contributed by atoms with E-state index in [4.69, 9.17) is 0 Å². The van der Waals surface area contributed by atoms with Crippen LogP contribution in [0, 0.1) is 6.92 Å². The summed E-state index contributed by atoms with van der Waals surface area (Å²) >= 11 is 0. The molecule has 3 heterocycles. The Morgan fingerprint density at radius 1 is 1.14 bits per heavy atom. The van der Waals surface area contributed by atoms with Crippen molar-refractivity contribution < 1.29 is 9.59 Å². The standard InChI is InChI=1S/C22H26N4O2/c1-16-4-2-6-20(12-16)26-15-19(13-21(26)27)24-18-7-10-25(11-8-18)22(28)17-5-3-9-23-14-17/h2-6,9,12,14,18-19,24H,7-8,10-11,13,15H2,1H3. The molecule has 146 valence electrons. The van der Waals surface area contributed by atoms with Crippen molar-refractivity contribution in [2.75, 3.05) is 24.5 Å². The zero-order chi connectivity index (χ0) is 19.5. The van der Waals surface area contributed by atoms with E-state index in [0.717, 1.165) is 37.2 Å². The number of anilines is 1. The Morgan fingerprint density at radius 3 is 2.68 bits per heavy atom. The van der Waals surface area contributed by atoms with Gasteiger partial charge in [0.2, 0.25) is 5.91 Å². The molecule has 28 heavy (non-hydrogen) atoms. The van der Waals surface area contributed by atoms with Gasteiger partial charge in [-0.3, -0.25) is 14.6 Å². The highest BCUT2D eigenvalue weighted by Crippen LogP contribution is 2.23. The van der Waals surface area contributed by atoms with Gasteiger partial charge < -0.3 is 15.1 Å². The average molecular weight is 378 g/mol. The van der Waals surface area contributed by atoms with Crippen molar-refractivity contribution in [1.82, 2.24) is 15.2 Å². The fraction of sp³-hybridized carbons (Fsp3) is 0.409. The number of amides is 2. The molecule has 4 rings (SSSR count). The summed E-state index contributed by atoms with van der Waals surface area (Å²) in [5.41, 5.74) is 2.78. The van der Waals surface area contributed by atoms with Crippen LogP contribution in [0.4, 0.5) is 5.69 Å². The number of nitrogens with zero attached hydrogens (tertiary/aromatic N) is 3. The monoisotopic (exact) mass is 378 g/mol. The smallest absolute Gasteiger partial charge is 0.255 e. The van der Waals surface area contributed by atoms with Crippen LogP contribution in [0.5, 0.6) is 0 Å². The molecule has 6 heteroatoms. The molecular formula is C22H26N4O2. The summed E-state index contributed by atoms with van der Waals surface area (Å²) < 4.78 is 0. The lowest BCUT2D eigenvalue weighted by atomic mass is 10.0. The van der Waals surface area contributed by atoms with E-state index >= 15 is 0 Å². The minimum atomic E-state index is 0.0493. The molecule has 2 aliphatic heterocycles. The van der Waals surface area contributed by atoms with E-state index in [1.54, 1.807) is 18.5 Å². The lowest BCUT2D eigenvalue weighted by Gasteiger charge is -2.33. The molecule has 1 aromatic carbocycles. The van der Waals surface area contributed by atoms with Gasteiger partial charge >= 0.3 is 0 Å². The first-order valence-electron chi connectivity index (χ1n) is 9.92. The summed E-state index contributed by atoms with van der Waals surface area (Å²) in [6.07, 6.45) is 5.64. The van der Waals surface area contributed by atoms with Gasteiger partial charge in [-0.2, -0.15) is 0 Å². The number of aromatic nitrogens is 1. The average Bonchev–Trinajstić information content (AvgIpc) is 3.09. The Bertz CT molecular complexity index is 847. The van der Waals surface area contributed by atoms with E-state index in [-0.39, 0.29) is 17.9 Å². The lowest BCUT2D eigenvalue weighted by molar-refractivity contribution is -0.117. The first-order valence-corrected chi connectivity index (χ1v) is 9.92. The van der Waals surface area contributed by atoms with Gasteiger partial charge in [0.1, 0.15) is 0 Å². The quantitative estimate of drug-likeness (QED) is 0.887. The molecule has 0 saturated carbocycles. The number of carbonyl (C=O) groups is 2. The zero-order valence-corrected chi connectivity index (χ0v) is 16.2. The van der Waals surface area contributed by atoms with Crippen molar-refractivity contribution in [3.63, 3.8) is 0 Å². The summed E-state index contributed by atoms with van der Waals surface area (Å²) in [5, 5.41) is 3.65. The molecule has 0 aliphatic carbocycles. The Kier molecular flexibility index (Phi) is 5.39. The van der Waals surface area contributed by atoms with Crippen molar-refractivity contribution in [2.45, 2.75) is 38.3 Å². The molecule has 0 radical (unpaired) electrons. The van der Waals surface area contributed by atoms with Crippen LogP contribution in [0.25, 0.3) is 0 Å². The van der Waals surface area contributed by atoms with Crippen LogP contribution in [-0.2, 0) is 4.79 Å². The topological polar surface area (TPSA) is 65.5 Å². The van der Waals surface area contributed by atoms with Crippen LogP contribution in [0.2, 0.25) is 0 Å². The molecule has 2 amide bonds. The molecular weight excluding hydrogens is 352 g/mol. The molecule has 2 aromatic rings. The second-order valence-electron chi connectivity index (χ2n) is 7.72. The minimum Gasteiger partial charge on any atom is -0.338 e. The SMILES string of the molecule is Cc1cccc(N2CC(NC3CCN(C(=O)c4cccnc4)CC3)CC2=O)c1. The van der Waals surface area contributed by atoms with Crippen LogP contribution >= 0.6 is 0 Å². The first kappa shape index (κ1) is 18.6. The van der Waals surface area contributed by atoms with E-state index in [2.05, 4.69) is 16.4 Å². The molecule has 1 unspecified atom stereocenters. The lowest BCUT2D eigenvalue weighted by Crippen LogP contribution is -2.48. The number of likely N-dealkylation sites (tertiary alicyclic amines) is 1. The maximum Gasteiger partial charge on any atom is 0.255 e. The molecule has 0 spiro atoms. The second kappa shape index (κ2) is 8.10. The highest BCUT2D eigenvalue weighted by molar-refractivity contribution is 5.96. The third-order valence-corrected chi connectivity index (χ3v) is 5.60. The molecule has 1 N–H and O–H groups in total. The van der Waals surface area contributed by atoms with E-state index in [1.165, 1.54) is 0 Å². The normalized spacial score (nSPS) is 20.6. The van der Waals surface area contributed by atoms with Crippen molar-refractivity contribution in [3.8, 4) is 0 Å². The summed E-state index contributed by atoms with van der Waals surface area (Å²) in [5.74, 6) is 0.223. The largest absolute Gasteiger partial charge is 0.338 e. The number of nitrogens with one attached hydrogen (secondary N) is 1. The van der Waals surface area contributed by atoms with Gasteiger partial charge in [0, 0.05) is 56.2 Å². The summed E-state index contributed by atoms with van der Waals surface area (Å²) in [4.78, 5) is 32.8. The molecule has 0 bridgehead atoms. The van der Waals surface area contributed by atoms with Crippen molar-refractivity contribution in [1.29, 1.82) is 0 Å². The van der Waals surface area contributed by atoms with Crippen molar-refractivity contribution >= 4 is 17.5 Å². The first-order chi connectivity index (χ1) is 13.6. The number of piperidine rings is 1. The van der Waals surface area contributed by atoms with Crippen LogP contribution < -0.4 is 10.2 Å². The van der Waals surface area contributed by atoms with Crippen molar-refractivity contribution in [3.05, 3.63) is 59.9 Å². The van der Waals surface area contributed by atoms with Gasteiger partial charge in [-0.15, -0.1) is 0 Å². The highest BCUT2D eigenvalue weighted by Gasteiger charge is 2.33. The number of benzene rings is 1. The number of carbonyl (C=O) groups excluding carboxylic acids is 2. The third-order valence-electron chi connectivity index (χ3n) is 5.60. The molecule has 2 aliphatic rings. The van der Waals surface area contributed by atoms with Gasteiger partial charge in [-0.1, -0.05) is 12.1 Å². The minimum absolute atomic E-state index is 0.0493. The Balaban J connectivity index is 1.29. The Labute approximate surface area is 165 Å². The summed E-state index contributed by atoms with van der Waals surface area (Å²) in [6.45, 7) is 4.21. The molecule has 2 saturated heterocycles. The van der Waals surface area contributed by atoms with Crippen LogP contribution in [0.3, 0.4) is 0 Å². The molecule has 1 aromatic heterocycles. The van der Waals surface area contributed by atoms with Gasteiger partial charge in [-0.05, 0) is 49.6 Å². The van der Waals surface area contributed by atoms with Gasteiger partial charge in [-0.25, -0.2) is 0 Å². The van der Waals surface area contributed by atoms with E-state index in [9.17, 15) is 9.59 Å².